The van der Waals surface area contributed by atoms with Crippen molar-refractivity contribution in [1.82, 2.24) is 5.32 Å². The van der Waals surface area contributed by atoms with Crippen LogP contribution in [0.25, 0.3) is 0 Å². The van der Waals surface area contributed by atoms with Gasteiger partial charge in [0, 0.05) is 18.6 Å². The molecule has 1 atom stereocenters. The molecule has 0 aromatic carbocycles. The molecule has 1 aliphatic rings. The Labute approximate surface area is 88.1 Å². The topological polar surface area (TPSA) is 32.3 Å². The molecule has 0 aromatic heterocycles. The smallest absolute Gasteiger partial charge is 0.0500 e. The number of unbranched alkanes of at least 4 members (excludes halogenated alkanes) is 4. The summed E-state index contributed by atoms with van der Waals surface area (Å²) >= 11 is 0. The molecule has 2 nitrogen and oxygen atoms in total. The molecule has 0 radical (unpaired) electrons. The van der Waals surface area contributed by atoms with E-state index in [2.05, 4.69) is 12.2 Å². The van der Waals surface area contributed by atoms with Gasteiger partial charge in [-0.1, -0.05) is 39.0 Å². The lowest BCUT2D eigenvalue weighted by Gasteiger charge is -2.25. The monoisotopic (exact) mass is 199 g/mol. The summed E-state index contributed by atoms with van der Waals surface area (Å²) in [6, 6.07) is 0. The Morgan fingerprint density at radius 2 is 2.00 bits per heavy atom. The fourth-order valence-electron chi connectivity index (χ4n) is 2.33. The molecule has 1 saturated heterocycles. The van der Waals surface area contributed by atoms with Crippen LogP contribution >= 0.6 is 0 Å². The second-order valence-electron chi connectivity index (χ2n) is 4.75. The molecule has 0 bridgehead atoms. The van der Waals surface area contributed by atoms with Gasteiger partial charge in [0.05, 0.1) is 0 Å². The van der Waals surface area contributed by atoms with E-state index in [9.17, 15) is 5.11 Å². The van der Waals surface area contributed by atoms with Gasteiger partial charge in [-0.25, -0.2) is 0 Å². The standard InChI is InChI=1S/C12H25NO/c1-2-3-4-5-6-7-12(11-14)8-9-13-10-12/h13-14H,2-11H2,1H3. The molecule has 0 spiro atoms. The number of hydrogen-bond acceptors (Lipinski definition) is 2. The molecule has 0 saturated carbocycles. The second kappa shape index (κ2) is 6.41. The number of aliphatic hydroxyl groups is 1. The van der Waals surface area contributed by atoms with Gasteiger partial charge in [0.2, 0.25) is 0 Å². The predicted molar refractivity (Wildman–Crippen MR) is 60.4 cm³/mol. The Balaban J connectivity index is 2.08. The summed E-state index contributed by atoms with van der Waals surface area (Å²) in [5, 5.41) is 12.7. The highest BCUT2D eigenvalue weighted by molar-refractivity contribution is 4.86. The van der Waals surface area contributed by atoms with E-state index in [1.165, 1.54) is 38.5 Å². The molecule has 2 heteroatoms. The van der Waals surface area contributed by atoms with Gasteiger partial charge < -0.3 is 10.4 Å². The largest absolute Gasteiger partial charge is 0.396 e. The molecule has 1 aliphatic heterocycles. The van der Waals surface area contributed by atoms with Crippen molar-refractivity contribution in [3.8, 4) is 0 Å². The van der Waals surface area contributed by atoms with Crippen molar-refractivity contribution in [3.63, 3.8) is 0 Å². The Morgan fingerprint density at radius 1 is 1.21 bits per heavy atom. The first-order valence-corrected chi connectivity index (χ1v) is 6.14. The molecule has 1 heterocycles. The minimum absolute atomic E-state index is 0.228. The van der Waals surface area contributed by atoms with Crippen LogP contribution in [0, 0.1) is 5.41 Å². The maximum atomic E-state index is 9.38. The Kier molecular flexibility index (Phi) is 5.49. The third kappa shape index (κ3) is 3.58. The summed E-state index contributed by atoms with van der Waals surface area (Å²) < 4.78 is 0. The first-order valence-electron chi connectivity index (χ1n) is 6.14. The number of aliphatic hydroxyl groups excluding tert-OH is 1. The van der Waals surface area contributed by atoms with Gasteiger partial charge in [-0.15, -0.1) is 0 Å². The third-order valence-electron chi connectivity index (χ3n) is 3.48. The lowest BCUT2D eigenvalue weighted by molar-refractivity contribution is 0.130. The number of nitrogens with one attached hydrogen (secondary N) is 1. The van der Waals surface area contributed by atoms with Crippen molar-refractivity contribution in [2.45, 2.75) is 51.9 Å². The van der Waals surface area contributed by atoms with Gasteiger partial charge in [-0.2, -0.15) is 0 Å². The molecule has 84 valence electrons. The summed E-state index contributed by atoms with van der Waals surface area (Å²) in [5.74, 6) is 0. The molecule has 0 amide bonds. The SMILES string of the molecule is CCCCCCCC1(CO)CCNC1. The van der Waals surface area contributed by atoms with Crippen molar-refractivity contribution in [3.05, 3.63) is 0 Å². The maximum absolute atomic E-state index is 9.38. The highest BCUT2D eigenvalue weighted by atomic mass is 16.3. The van der Waals surface area contributed by atoms with Crippen molar-refractivity contribution >= 4 is 0 Å². The molecule has 0 aliphatic carbocycles. The van der Waals surface area contributed by atoms with E-state index in [1.807, 2.05) is 0 Å². The number of hydrogen-bond donors (Lipinski definition) is 2. The van der Waals surface area contributed by atoms with Crippen LogP contribution < -0.4 is 5.32 Å². The van der Waals surface area contributed by atoms with E-state index in [0.717, 1.165) is 19.5 Å². The molecule has 2 N–H and O–H groups in total. The minimum atomic E-state index is 0.228. The number of rotatable bonds is 7. The lowest BCUT2D eigenvalue weighted by Crippen LogP contribution is -2.28. The van der Waals surface area contributed by atoms with Gasteiger partial charge in [-0.3, -0.25) is 0 Å². The summed E-state index contributed by atoms with van der Waals surface area (Å²) in [6.07, 6.45) is 9.05. The van der Waals surface area contributed by atoms with Crippen LogP contribution in [0.3, 0.4) is 0 Å². The fourth-order valence-corrected chi connectivity index (χ4v) is 2.33. The van der Waals surface area contributed by atoms with Crippen molar-refractivity contribution in [2.24, 2.45) is 5.41 Å². The summed E-state index contributed by atoms with van der Waals surface area (Å²) in [4.78, 5) is 0. The average molecular weight is 199 g/mol. The van der Waals surface area contributed by atoms with Gasteiger partial charge >= 0.3 is 0 Å². The zero-order chi connectivity index (χ0) is 10.3. The highest BCUT2D eigenvalue weighted by Gasteiger charge is 2.32. The van der Waals surface area contributed by atoms with Crippen molar-refractivity contribution < 1.29 is 5.11 Å². The molecule has 1 unspecified atom stereocenters. The van der Waals surface area contributed by atoms with Crippen LogP contribution in [0.2, 0.25) is 0 Å². The summed E-state index contributed by atoms with van der Waals surface area (Å²) in [5.41, 5.74) is 0.228. The summed E-state index contributed by atoms with van der Waals surface area (Å²) in [6.45, 7) is 4.73. The molecule has 0 aromatic rings. The van der Waals surface area contributed by atoms with Crippen LogP contribution in [0.4, 0.5) is 0 Å². The van der Waals surface area contributed by atoms with Crippen LogP contribution in [-0.2, 0) is 0 Å². The van der Waals surface area contributed by atoms with Gasteiger partial charge in [0.15, 0.2) is 0 Å². The van der Waals surface area contributed by atoms with E-state index in [1.54, 1.807) is 0 Å². The van der Waals surface area contributed by atoms with E-state index in [0.29, 0.717) is 6.61 Å². The second-order valence-corrected chi connectivity index (χ2v) is 4.75. The first-order chi connectivity index (χ1) is 6.83. The van der Waals surface area contributed by atoms with E-state index < -0.39 is 0 Å². The van der Waals surface area contributed by atoms with Crippen LogP contribution in [0.5, 0.6) is 0 Å². The molecular weight excluding hydrogens is 174 g/mol. The van der Waals surface area contributed by atoms with Crippen LogP contribution in [-0.4, -0.2) is 24.8 Å². The summed E-state index contributed by atoms with van der Waals surface area (Å²) in [7, 11) is 0. The molecule has 1 fully saturated rings. The van der Waals surface area contributed by atoms with Crippen molar-refractivity contribution in [2.75, 3.05) is 19.7 Å². The van der Waals surface area contributed by atoms with Gasteiger partial charge in [0.1, 0.15) is 0 Å². The van der Waals surface area contributed by atoms with Gasteiger partial charge in [0.25, 0.3) is 0 Å². The zero-order valence-corrected chi connectivity index (χ0v) is 9.52. The minimum Gasteiger partial charge on any atom is -0.396 e. The zero-order valence-electron chi connectivity index (χ0n) is 9.52. The maximum Gasteiger partial charge on any atom is 0.0500 e. The molecular formula is C12H25NO. The Bertz CT molecular complexity index is 141. The predicted octanol–water partition coefficient (Wildman–Crippen LogP) is 2.32. The Hall–Kier alpha value is -0.0800. The third-order valence-corrected chi connectivity index (χ3v) is 3.48. The van der Waals surface area contributed by atoms with E-state index >= 15 is 0 Å². The normalized spacial score (nSPS) is 27.0. The van der Waals surface area contributed by atoms with Crippen LogP contribution in [0.1, 0.15) is 51.9 Å². The molecule has 1 rings (SSSR count). The quantitative estimate of drug-likeness (QED) is 0.617. The lowest BCUT2D eigenvalue weighted by atomic mass is 9.82. The van der Waals surface area contributed by atoms with Gasteiger partial charge in [-0.05, 0) is 19.4 Å². The van der Waals surface area contributed by atoms with E-state index in [-0.39, 0.29) is 5.41 Å². The highest BCUT2D eigenvalue weighted by Crippen LogP contribution is 2.31. The first kappa shape index (κ1) is 12.0. The Morgan fingerprint density at radius 3 is 2.57 bits per heavy atom. The van der Waals surface area contributed by atoms with Crippen molar-refractivity contribution in [1.29, 1.82) is 0 Å². The van der Waals surface area contributed by atoms with E-state index in [4.69, 9.17) is 0 Å². The van der Waals surface area contributed by atoms with Crippen LogP contribution in [0.15, 0.2) is 0 Å². The fraction of sp³-hybridized carbons (Fsp3) is 1.00. The molecule has 14 heavy (non-hydrogen) atoms. The average Bonchev–Trinajstić information content (AvgIpc) is 2.67.